The Labute approximate surface area is 183 Å². The van der Waals surface area contributed by atoms with Gasteiger partial charge in [-0.15, -0.1) is 0 Å². The fraction of sp³-hybridized carbons (Fsp3) is 0.227. The van der Waals surface area contributed by atoms with E-state index in [2.05, 4.69) is 20.3 Å². The van der Waals surface area contributed by atoms with Crippen LogP contribution in [0.4, 0.5) is 0 Å². The van der Waals surface area contributed by atoms with Gasteiger partial charge in [0.2, 0.25) is 11.7 Å². The number of para-hydroxylation sites is 2. The monoisotopic (exact) mass is 435 g/mol. The summed E-state index contributed by atoms with van der Waals surface area (Å²) in [4.78, 5) is 36.6. The minimum atomic E-state index is -0.813. The van der Waals surface area contributed by atoms with Crippen molar-refractivity contribution in [2.45, 2.75) is 18.9 Å². The van der Waals surface area contributed by atoms with Crippen LogP contribution in [0.2, 0.25) is 0 Å². The molecular weight excluding hydrogens is 414 g/mol. The quantitative estimate of drug-likeness (QED) is 0.548. The van der Waals surface area contributed by atoms with Crippen molar-refractivity contribution in [2.24, 2.45) is 5.73 Å². The highest BCUT2D eigenvalue weighted by Crippen LogP contribution is 2.38. The van der Waals surface area contributed by atoms with E-state index >= 15 is 0 Å². The van der Waals surface area contributed by atoms with Crippen molar-refractivity contribution in [1.82, 2.24) is 20.3 Å². The zero-order chi connectivity index (χ0) is 22.5. The van der Waals surface area contributed by atoms with Crippen molar-refractivity contribution >= 4 is 11.8 Å². The number of rotatable bonds is 8. The van der Waals surface area contributed by atoms with Crippen LogP contribution in [0, 0.1) is 0 Å². The smallest absolute Gasteiger partial charge is 0.271 e. The summed E-state index contributed by atoms with van der Waals surface area (Å²) in [6, 6.07) is 10.1. The number of ether oxygens (including phenoxy) is 3. The Kier molecular flexibility index (Phi) is 6.11. The van der Waals surface area contributed by atoms with Gasteiger partial charge in [0.25, 0.3) is 11.8 Å². The number of carbonyl (C=O) groups excluding carboxylic acids is 2. The number of benzene rings is 1. The van der Waals surface area contributed by atoms with Crippen LogP contribution < -0.4 is 25.3 Å². The summed E-state index contributed by atoms with van der Waals surface area (Å²) in [6.45, 7) is 0.138. The molecule has 2 amide bonds. The molecule has 1 saturated heterocycles. The lowest BCUT2D eigenvalue weighted by Gasteiger charge is -2.18. The molecule has 1 aliphatic rings. The first-order chi connectivity index (χ1) is 15.5. The number of methoxy groups -OCH3 is 1. The third-order valence-electron chi connectivity index (χ3n) is 4.79. The number of hydrogen-bond donors (Lipinski definition) is 2. The molecule has 2 aromatic heterocycles. The number of primary amides is 1. The van der Waals surface area contributed by atoms with Crippen molar-refractivity contribution < 1.29 is 23.8 Å². The van der Waals surface area contributed by atoms with Crippen LogP contribution in [0.25, 0.3) is 11.4 Å². The molecule has 3 N–H and O–H groups in total. The summed E-state index contributed by atoms with van der Waals surface area (Å²) < 4.78 is 17.2. The summed E-state index contributed by atoms with van der Waals surface area (Å²) >= 11 is 0. The van der Waals surface area contributed by atoms with Gasteiger partial charge in [0.05, 0.1) is 13.2 Å². The maximum absolute atomic E-state index is 12.3. The molecule has 0 bridgehead atoms. The minimum absolute atomic E-state index is 0.0210. The molecule has 1 atom stereocenters. The highest BCUT2D eigenvalue weighted by atomic mass is 16.5. The van der Waals surface area contributed by atoms with Crippen LogP contribution in [0.15, 0.2) is 48.8 Å². The lowest BCUT2D eigenvalue weighted by molar-refractivity contribution is -0.119. The van der Waals surface area contributed by atoms with Gasteiger partial charge in [-0.3, -0.25) is 14.6 Å². The van der Waals surface area contributed by atoms with Gasteiger partial charge in [0.15, 0.2) is 23.0 Å². The standard InChI is InChI=1S/C22H21N5O5/c1-30-15-4-2-3-5-16(15)32-19-18(20(23)29)26-21(13-8-10-24-11-9-13)27-22(19)31-12-14-6-7-17(28)25-14/h2-5,8-11,14H,6-7,12H2,1H3,(H2,23,29)(H,25,28). The fourth-order valence-corrected chi connectivity index (χ4v) is 3.21. The van der Waals surface area contributed by atoms with Crippen molar-refractivity contribution in [1.29, 1.82) is 0 Å². The fourth-order valence-electron chi connectivity index (χ4n) is 3.21. The highest BCUT2D eigenvalue weighted by molar-refractivity contribution is 5.95. The van der Waals surface area contributed by atoms with Gasteiger partial charge in [0, 0.05) is 24.4 Å². The van der Waals surface area contributed by atoms with Gasteiger partial charge in [-0.1, -0.05) is 12.1 Å². The van der Waals surface area contributed by atoms with E-state index in [-0.39, 0.29) is 41.7 Å². The second kappa shape index (κ2) is 9.29. The maximum Gasteiger partial charge on any atom is 0.271 e. The van der Waals surface area contributed by atoms with Gasteiger partial charge in [-0.05, 0) is 30.7 Å². The van der Waals surface area contributed by atoms with Crippen molar-refractivity contribution in [3.63, 3.8) is 0 Å². The lowest BCUT2D eigenvalue weighted by Crippen LogP contribution is -2.31. The largest absolute Gasteiger partial charge is 0.493 e. The number of hydrogen-bond acceptors (Lipinski definition) is 8. The second-order valence-corrected chi connectivity index (χ2v) is 7.00. The highest BCUT2D eigenvalue weighted by Gasteiger charge is 2.26. The maximum atomic E-state index is 12.3. The molecule has 1 unspecified atom stereocenters. The van der Waals surface area contributed by atoms with Gasteiger partial charge in [-0.2, -0.15) is 4.98 Å². The first-order valence-electron chi connectivity index (χ1n) is 9.90. The average Bonchev–Trinajstić information content (AvgIpc) is 3.24. The summed E-state index contributed by atoms with van der Waals surface area (Å²) in [5.41, 5.74) is 6.09. The van der Waals surface area contributed by atoms with E-state index in [4.69, 9.17) is 19.9 Å². The number of pyridine rings is 1. The van der Waals surface area contributed by atoms with Crippen molar-refractivity contribution in [3.8, 4) is 34.5 Å². The molecule has 3 aromatic rings. The molecule has 0 radical (unpaired) electrons. The molecule has 164 valence electrons. The molecule has 4 rings (SSSR count). The summed E-state index contributed by atoms with van der Waals surface area (Å²) in [6.07, 6.45) is 4.22. The van der Waals surface area contributed by atoms with E-state index in [1.54, 1.807) is 48.8 Å². The third kappa shape index (κ3) is 4.59. The first kappa shape index (κ1) is 21.0. The molecular formula is C22H21N5O5. The Bertz CT molecular complexity index is 1140. The van der Waals surface area contributed by atoms with E-state index in [1.165, 1.54) is 7.11 Å². The zero-order valence-corrected chi connectivity index (χ0v) is 17.3. The van der Waals surface area contributed by atoms with Gasteiger partial charge >= 0.3 is 0 Å². The van der Waals surface area contributed by atoms with Crippen molar-refractivity contribution in [2.75, 3.05) is 13.7 Å². The molecule has 0 spiro atoms. The van der Waals surface area contributed by atoms with Gasteiger partial charge in [-0.25, -0.2) is 4.98 Å². The number of amides is 2. The Morgan fingerprint density at radius 2 is 1.91 bits per heavy atom. The lowest BCUT2D eigenvalue weighted by atomic mass is 10.2. The molecule has 32 heavy (non-hydrogen) atoms. The minimum Gasteiger partial charge on any atom is -0.493 e. The normalized spacial score (nSPS) is 15.2. The third-order valence-corrected chi connectivity index (χ3v) is 4.79. The van der Waals surface area contributed by atoms with Crippen LogP contribution in [-0.2, 0) is 4.79 Å². The van der Waals surface area contributed by atoms with Gasteiger partial charge in [0.1, 0.15) is 6.61 Å². The second-order valence-electron chi connectivity index (χ2n) is 7.00. The average molecular weight is 435 g/mol. The first-order valence-corrected chi connectivity index (χ1v) is 9.90. The van der Waals surface area contributed by atoms with Crippen molar-refractivity contribution in [3.05, 3.63) is 54.5 Å². The predicted molar refractivity (Wildman–Crippen MR) is 114 cm³/mol. The Morgan fingerprint density at radius 3 is 2.56 bits per heavy atom. The Balaban J connectivity index is 1.77. The van der Waals surface area contributed by atoms with E-state index in [0.29, 0.717) is 29.9 Å². The zero-order valence-electron chi connectivity index (χ0n) is 17.3. The number of carbonyl (C=O) groups is 2. The molecule has 1 fully saturated rings. The van der Waals surface area contributed by atoms with E-state index in [1.807, 2.05) is 0 Å². The van der Waals surface area contributed by atoms with E-state index in [0.717, 1.165) is 0 Å². The molecule has 10 nitrogen and oxygen atoms in total. The van der Waals surface area contributed by atoms with Crippen LogP contribution in [-0.4, -0.2) is 46.5 Å². The summed E-state index contributed by atoms with van der Waals surface area (Å²) in [5, 5.41) is 2.83. The van der Waals surface area contributed by atoms with Gasteiger partial charge < -0.3 is 25.3 Å². The van der Waals surface area contributed by atoms with Crippen LogP contribution in [0.1, 0.15) is 23.3 Å². The summed E-state index contributed by atoms with van der Waals surface area (Å²) in [5.74, 6) is 0.122. The molecule has 1 aliphatic heterocycles. The number of aromatic nitrogens is 3. The Hall–Kier alpha value is -4.21. The van der Waals surface area contributed by atoms with E-state index < -0.39 is 5.91 Å². The molecule has 10 heteroatoms. The number of nitrogens with zero attached hydrogens (tertiary/aromatic N) is 3. The SMILES string of the molecule is COc1ccccc1Oc1c(OCC2CCC(=O)N2)nc(-c2ccncc2)nc1C(N)=O. The van der Waals surface area contributed by atoms with Crippen LogP contribution >= 0.6 is 0 Å². The summed E-state index contributed by atoms with van der Waals surface area (Å²) in [7, 11) is 1.50. The Morgan fingerprint density at radius 1 is 1.16 bits per heavy atom. The van der Waals surface area contributed by atoms with E-state index in [9.17, 15) is 9.59 Å². The van der Waals surface area contributed by atoms with Crippen LogP contribution in [0.5, 0.6) is 23.1 Å². The number of nitrogens with one attached hydrogen (secondary N) is 1. The van der Waals surface area contributed by atoms with Crippen LogP contribution in [0.3, 0.4) is 0 Å². The molecule has 0 saturated carbocycles. The predicted octanol–water partition coefficient (Wildman–Crippen LogP) is 2.10. The molecule has 0 aliphatic carbocycles. The molecule has 3 heterocycles. The number of nitrogens with two attached hydrogens (primary N) is 1. The molecule has 1 aromatic carbocycles. The topological polar surface area (TPSA) is 139 Å².